The van der Waals surface area contributed by atoms with Gasteiger partial charge in [0.15, 0.2) is 11.3 Å². The van der Waals surface area contributed by atoms with E-state index in [2.05, 4.69) is 30.7 Å². The van der Waals surface area contributed by atoms with Crippen molar-refractivity contribution in [1.29, 1.82) is 0 Å². The molecule has 0 N–H and O–H groups in total. The minimum absolute atomic E-state index is 0.188. The van der Waals surface area contributed by atoms with Crippen molar-refractivity contribution in [3.63, 3.8) is 0 Å². The standard InChI is InChI=1S/C15H9FN8O/c16-10-5-2-1-4-9(10)8-23-15-12(18-21-23)14-17-13(11-6-3-7-25-11)20-24(14)22-19-15/h1-7H,8H2. The summed E-state index contributed by atoms with van der Waals surface area (Å²) in [5.74, 6) is 0.565. The maximum absolute atomic E-state index is 13.9. The monoisotopic (exact) mass is 336 g/mol. The predicted octanol–water partition coefficient (Wildman–Crippen LogP) is 1.71. The second-order valence-corrected chi connectivity index (χ2v) is 5.33. The van der Waals surface area contributed by atoms with Gasteiger partial charge in [0, 0.05) is 5.56 Å². The van der Waals surface area contributed by atoms with Crippen molar-refractivity contribution in [3.05, 3.63) is 54.0 Å². The van der Waals surface area contributed by atoms with Crippen molar-refractivity contribution >= 4 is 16.8 Å². The first-order valence-corrected chi connectivity index (χ1v) is 7.40. The van der Waals surface area contributed by atoms with E-state index in [4.69, 9.17) is 4.42 Å². The molecule has 4 heterocycles. The number of nitrogens with zero attached hydrogens (tertiary/aromatic N) is 8. The molecule has 1 aromatic carbocycles. The van der Waals surface area contributed by atoms with Gasteiger partial charge >= 0.3 is 0 Å². The highest BCUT2D eigenvalue weighted by Crippen LogP contribution is 2.19. The summed E-state index contributed by atoms with van der Waals surface area (Å²) in [6.07, 6.45) is 1.53. The number of fused-ring (bicyclic) bond motifs is 3. The van der Waals surface area contributed by atoms with Gasteiger partial charge in [0.1, 0.15) is 5.82 Å². The molecule has 0 radical (unpaired) electrons. The van der Waals surface area contributed by atoms with Gasteiger partial charge in [0.2, 0.25) is 17.1 Å². The maximum Gasteiger partial charge on any atom is 0.219 e. The molecule has 0 aliphatic heterocycles. The molecular weight excluding hydrogens is 327 g/mol. The van der Waals surface area contributed by atoms with Crippen LogP contribution in [0.25, 0.3) is 28.4 Å². The van der Waals surface area contributed by atoms with Gasteiger partial charge in [0.05, 0.1) is 12.8 Å². The molecule has 9 nitrogen and oxygen atoms in total. The van der Waals surface area contributed by atoms with E-state index >= 15 is 0 Å². The Morgan fingerprint density at radius 2 is 1.92 bits per heavy atom. The summed E-state index contributed by atoms with van der Waals surface area (Å²) >= 11 is 0. The summed E-state index contributed by atoms with van der Waals surface area (Å²) in [6, 6.07) is 9.96. The van der Waals surface area contributed by atoms with Crippen LogP contribution in [0.5, 0.6) is 0 Å². The lowest BCUT2D eigenvalue weighted by molar-refractivity contribution is 0.575. The van der Waals surface area contributed by atoms with Crippen LogP contribution in [-0.2, 0) is 6.54 Å². The van der Waals surface area contributed by atoms with Crippen LogP contribution in [0.3, 0.4) is 0 Å². The van der Waals surface area contributed by atoms with E-state index in [0.717, 1.165) is 0 Å². The van der Waals surface area contributed by atoms with E-state index < -0.39 is 0 Å². The normalized spacial score (nSPS) is 11.6. The molecule has 0 atom stereocenters. The fourth-order valence-corrected chi connectivity index (χ4v) is 2.56. The third-order valence-corrected chi connectivity index (χ3v) is 3.76. The van der Waals surface area contributed by atoms with Gasteiger partial charge in [-0.05, 0) is 23.4 Å². The predicted molar refractivity (Wildman–Crippen MR) is 82.9 cm³/mol. The fraction of sp³-hybridized carbons (Fsp3) is 0.0667. The van der Waals surface area contributed by atoms with Crippen molar-refractivity contribution in [2.75, 3.05) is 0 Å². The lowest BCUT2D eigenvalue weighted by atomic mass is 10.2. The molecule has 0 bridgehead atoms. The van der Waals surface area contributed by atoms with E-state index in [0.29, 0.717) is 34.0 Å². The first-order valence-electron chi connectivity index (χ1n) is 7.40. The first kappa shape index (κ1) is 13.7. The molecule has 0 fully saturated rings. The molecule has 25 heavy (non-hydrogen) atoms. The summed E-state index contributed by atoms with van der Waals surface area (Å²) in [4.78, 5) is 4.39. The Hall–Kier alpha value is -3.69. The van der Waals surface area contributed by atoms with Crippen LogP contribution in [0, 0.1) is 5.82 Å². The van der Waals surface area contributed by atoms with E-state index in [1.807, 2.05) is 0 Å². The average molecular weight is 336 g/mol. The Morgan fingerprint density at radius 1 is 1.00 bits per heavy atom. The Labute approximate surface area is 138 Å². The zero-order valence-electron chi connectivity index (χ0n) is 12.6. The largest absolute Gasteiger partial charge is 0.461 e. The Morgan fingerprint density at radius 3 is 2.76 bits per heavy atom. The van der Waals surface area contributed by atoms with Crippen LogP contribution in [0.4, 0.5) is 4.39 Å². The van der Waals surface area contributed by atoms with Crippen molar-refractivity contribution in [3.8, 4) is 11.6 Å². The van der Waals surface area contributed by atoms with Gasteiger partial charge < -0.3 is 4.42 Å². The molecule has 0 aliphatic carbocycles. The minimum atomic E-state index is -0.317. The molecule has 0 amide bonds. The molecule has 0 aliphatic rings. The van der Waals surface area contributed by atoms with Gasteiger partial charge in [-0.15, -0.1) is 19.9 Å². The lowest BCUT2D eigenvalue weighted by Gasteiger charge is -2.02. The third-order valence-electron chi connectivity index (χ3n) is 3.76. The Kier molecular flexibility index (Phi) is 2.83. The van der Waals surface area contributed by atoms with Crippen LogP contribution < -0.4 is 0 Å². The first-order chi connectivity index (χ1) is 12.3. The van der Waals surface area contributed by atoms with Gasteiger partial charge in [-0.2, -0.15) is 4.98 Å². The zero-order chi connectivity index (χ0) is 16.8. The summed E-state index contributed by atoms with van der Waals surface area (Å²) < 4.78 is 21.9. The summed E-state index contributed by atoms with van der Waals surface area (Å²) in [5, 5.41) is 20.4. The molecule has 0 unspecified atom stereocenters. The highest BCUT2D eigenvalue weighted by molar-refractivity contribution is 5.84. The van der Waals surface area contributed by atoms with E-state index in [9.17, 15) is 4.39 Å². The number of halogens is 1. The number of aromatic nitrogens is 8. The van der Waals surface area contributed by atoms with Crippen molar-refractivity contribution in [1.82, 2.24) is 40.0 Å². The van der Waals surface area contributed by atoms with Crippen LogP contribution in [0.15, 0.2) is 47.1 Å². The van der Waals surface area contributed by atoms with E-state index in [1.165, 1.54) is 21.6 Å². The highest BCUT2D eigenvalue weighted by atomic mass is 19.1. The topological polar surface area (TPSA) is 99.8 Å². The SMILES string of the molecule is Fc1ccccc1Cn1nnc2c1nnn1nc(-c3ccco3)nc21. The quantitative estimate of drug-likeness (QED) is 0.494. The molecular formula is C15H9FN8O. The number of hydrogen-bond donors (Lipinski definition) is 0. The van der Waals surface area contributed by atoms with Crippen molar-refractivity contribution in [2.45, 2.75) is 6.54 Å². The molecule has 0 saturated carbocycles. The van der Waals surface area contributed by atoms with E-state index in [-0.39, 0.29) is 12.4 Å². The summed E-state index contributed by atoms with van der Waals surface area (Å²) in [7, 11) is 0. The highest BCUT2D eigenvalue weighted by Gasteiger charge is 2.17. The van der Waals surface area contributed by atoms with Crippen molar-refractivity contribution in [2.24, 2.45) is 0 Å². The number of benzene rings is 1. The molecule has 0 spiro atoms. The summed E-state index contributed by atoms with van der Waals surface area (Å²) in [5.41, 5.74) is 1.70. The van der Waals surface area contributed by atoms with Gasteiger partial charge in [-0.3, -0.25) is 0 Å². The molecule has 10 heteroatoms. The van der Waals surface area contributed by atoms with Crippen LogP contribution >= 0.6 is 0 Å². The fourth-order valence-electron chi connectivity index (χ4n) is 2.56. The van der Waals surface area contributed by atoms with Crippen LogP contribution in [0.2, 0.25) is 0 Å². The van der Waals surface area contributed by atoms with Crippen LogP contribution in [-0.4, -0.2) is 40.0 Å². The van der Waals surface area contributed by atoms with Gasteiger partial charge in [-0.1, -0.05) is 23.4 Å². The van der Waals surface area contributed by atoms with Crippen molar-refractivity contribution < 1.29 is 8.81 Å². The molecule has 122 valence electrons. The average Bonchev–Trinajstić information content (AvgIpc) is 3.35. The van der Waals surface area contributed by atoms with Gasteiger partial charge in [-0.25, -0.2) is 9.07 Å². The summed E-state index contributed by atoms with van der Waals surface area (Å²) in [6.45, 7) is 0.188. The lowest BCUT2D eigenvalue weighted by Crippen LogP contribution is -2.06. The maximum atomic E-state index is 13.9. The third kappa shape index (κ3) is 2.15. The second kappa shape index (κ2) is 5.16. The smallest absolute Gasteiger partial charge is 0.219 e. The number of hydrogen-bond acceptors (Lipinski definition) is 7. The molecule has 5 rings (SSSR count). The Bertz CT molecular complexity index is 1190. The number of rotatable bonds is 3. The number of furan rings is 1. The second-order valence-electron chi connectivity index (χ2n) is 5.33. The van der Waals surface area contributed by atoms with Crippen LogP contribution in [0.1, 0.15) is 5.56 Å². The molecule has 4 aromatic heterocycles. The van der Waals surface area contributed by atoms with E-state index in [1.54, 1.807) is 30.3 Å². The van der Waals surface area contributed by atoms with Gasteiger partial charge in [0.25, 0.3) is 0 Å². The zero-order valence-corrected chi connectivity index (χ0v) is 12.6. The molecule has 0 saturated heterocycles. The minimum Gasteiger partial charge on any atom is -0.461 e. The molecule has 5 aromatic rings. The Balaban J connectivity index is 1.63.